The first-order chi connectivity index (χ1) is 9.63. The smallest absolute Gasteiger partial charge is 0.257 e. The highest BCUT2D eigenvalue weighted by molar-refractivity contribution is 6.31. The molecule has 1 aromatic heterocycles. The maximum atomic E-state index is 12.1. The molecule has 0 atom stereocenters. The molecule has 4 N–H and O–H groups in total. The van der Waals surface area contributed by atoms with Crippen LogP contribution in [0.5, 0.6) is 5.75 Å². The Morgan fingerprint density at radius 1 is 1.35 bits per heavy atom. The molecule has 0 fully saturated rings. The zero-order chi connectivity index (χ0) is 14.5. The van der Waals surface area contributed by atoms with Gasteiger partial charge in [0.25, 0.3) is 5.91 Å². The Morgan fingerprint density at radius 3 is 2.75 bits per heavy atom. The fraction of sp³-hybridized carbons (Fsp3) is 0.0769. The molecule has 1 aromatic carbocycles. The summed E-state index contributed by atoms with van der Waals surface area (Å²) in [5.41, 5.74) is 3.27. The minimum atomic E-state index is -0.318. The molecule has 0 bridgehead atoms. The Labute approximate surface area is 120 Å². The molecule has 7 heteroatoms. The van der Waals surface area contributed by atoms with Crippen molar-refractivity contribution in [2.75, 3.05) is 17.9 Å². The number of carbonyl (C=O) groups excluding carboxylic acids is 1. The number of rotatable bonds is 4. The standard InChI is InChI=1S/C13H13ClN4O2/c1-20-11-4-3-9(14)6-10(11)17-13(19)8-2-5-12(18-15)16-7-8/h2-7H,15H2,1H3,(H,16,18)(H,17,19). The molecule has 0 unspecified atom stereocenters. The van der Waals surface area contributed by atoms with Gasteiger partial charge in [-0.2, -0.15) is 0 Å². The topological polar surface area (TPSA) is 89.3 Å². The summed E-state index contributed by atoms with van der Waals surface area (Å²) in [6.45, 7) is 0. The third kappa shape index (κ3) is 3.17. The van der Waals surface area contributed by atoms with E-state index >= 15 is 0 Å². The van der Waals surface area contributed by atoms with Gasteiger partial charge >= 0.3 is 0 Å². The molecule has 0 saturated heterocycles. The number of benzene rings is 1. The maximum Gasteiger partial charge on any atom is 0.257 e. The molecule has 2 aromatic rings. The van der Waals surface area contributed by atoms with Crippen molar-refractivity contribution in [2.24, 2.45) is 5.84 Å². The second kappa shape index (κ2) is 6.23. The highest BCUT2D eigenvalue weighted by Gasteiger charge is 2.10. The lowest BCUT2D eigenvalue weighted by Gasteiger charge is -2.10. The molecule has 0 radical (unpaired) electrons. The van der Waals surface area contributed by atoms with Crippen LogP contribution in [0.15, 0.2) is 36.5 Å². The van der Waals surface area contributed by atoms with E-state index in [0.29, 0.717) is 27.8 Å². The lowest BCUT2D eigenvalue weighted by Crippen LogP contribution is -2.14. The number of pyridine rings is 1. The zero-order valence-corrected chi connectivity index (χ0v) is 11.4. The van der Waals surface area contributed by atoms with Crippen LogP contribution in [0.4, 0.5) is 11.5 Å². The van der Waals surface area contributed by atoms with Crippen molar-refractivity contribution in [1.82, 2.24) is 4.98 Å². The number of nitrogens with two attached hydrogens (primary N) is 1. The molecular formula is C13H13ClN4O2. The van der Waals surface area contributed by atoms with Crippen LogP contribution in [0, 0.1) is 0 Å². The van der Waals surface area contributed by atoms with Gasteiger partial charge in [0, 0.05) is 11.2 Å². The molecule has 1 heterocycles. The largest absolute Gasteiger partial charge is 0.495 e. The minimum absolute atomic E-state index is 0.318. The summed E-state index contributed by atoms with van der Waals surface area (Å²) in [6, 6.07) is 8.18. The lowest BCUT2D eigenvalue weighted by atomic mass is 10.2. The summed E-state index contributed by atoms with van der Waals surface area (Å²) >= 11 is 5.90. The van der Waals surface area contributed by atoms with Crippen LogP contribution in [0.3, 0.4) is 0 Å². The van der Waals surface area contributed by atoms with Crippen LogP contribution in [0.25, 0.3) is 0 Å². The number of hydrazine groups is 1. The van der Waals surface area contributed by atoms with Crippen LogP contribution in [-0.4, -0.2) is 18.0 Å². The SMILES string of the molecule is COc1ccc(Cl)cc1NC(=O)c1ccc(NN)nc1. The number of halogens is 1. The van der Waals surface area contributed by atoms with Gasteiger partial charge in [-0.1, -0.05) is 11.6 Å². The Bertz CT molecular complexity index is 616. The number of anilines is 2. The van der Waals surface area contributed by atoms with E-state index in [2.05, 4.69) is 15.7 Å². The van der Waals surface area contributed by atoms with Crippen LogP contribution in [0.2, 0.25) is 5.02 Å². The Balaban J connectivity index is 2.20. The van der Waals surface area contributed by atoms with Crippen LogP contribution in [-0.2, 0) is 0 Å². The van der Waals surface area contributed by atoms with Crippen molar-refractivity contribution in [3.8, 4) is 5.75 Å². The molecule has 6 nitrogen and oxygen atoms in total. The molecule has 0 saturated carbocycles. The van der Waals surface area contributed by atoms with Gasteiger partial charge in [-0.15, -0.1) is 0 Å². The summed E-state index contributed by atoms with van der Waals surface area (Å²) in [7, 11) is 1.52. The number of hydrogen-bond donors (Lipinski definition) is 3. The van der Waals surface area contributed by atoms with E-state index in [1.807, 2.05) is 0 Å². The number of methoxy groups -OCH3 is 1. The Hall–Kier alpha value is -2.31. The second-order valence-corrected chi connectivity index (χ2v) is 4.31. The fourth-order valence-corrected chi connectivity index (χ4v) is 1.76. The van der Waals surface area contributed by atoms with Crippen LogP contribution < -0.4 is 21.3 Å². The van der Waals surface area contributed by atoms with Gasteiger partial charge in [0.2, 0.25) is 0 Å². The first kappa shape index (κ1) is 14.1. The van der Waals surface area contributed by atoms with Gasteiger partial charge in [0.15, 0.2) is 0 Å². The van der Waals surface area contributed by atoms with Gasteiger partial charge in [-0.3, -0.25) is 4.79 Å². The molecule has 0 spiro atoms. The van der Waals surface area contributed by atoms with E-state index in [-0.39, 0.29) is 5.91 Å². The van der Waals surface area contributed by atoms with Gasteiger partial charge in [-0.05, 0) is 30.3 Å². The molecular weight excluding hydrogens is 280 g/mol. The molecule has 0 aliphatic rings. The Kier molecular flexibility index (Phi) is 4.39. The van der Waals surface area contributed by atoms with E-state index < -0.39 is 0 Å². The number of aromatic nitrogens is 1. The van der Waals surface area contributed by atoms with Crippen molar-refractivity contribution >= 4 is 29.0 Å². The predicted molar refractivity (Wildman–Crippen MR) is 78.0 cm³/mol. The van der Waals surface area contributed by atoms with Crippen molar-refractivity contribution in [3.63, 3.8) is 0 Å². The van der Waals surface area contributed by atoms with Crippen LogP contribution >= 0.6 is 11.6 Å². The normalized spacial score (nSPS) is 9.95. The van der Waals surface area contributed by atoms with E-state index in [0.717, 1.165) is 0 Å². The van der Waals surface area contributed by atoms with Gasteiger partial charge < -0.3 is 15.5 Å². The first-order valence-corrected chi connectivity index (χ1v) is 6.09. The monoisotopic (exact) mass is 292 g/mol. The van der Waals surface area contributed by atoms with E-state index in [1.54, 1.807) is 30.3 Å². The number of carbonyl (C=O) groups is 1. The van der Waals surface area contributed by atoms with Crippen molar-refractivity contribution < 1.29 is 9.53 Å². The number of nitrogen functional groups attached to an aromatic ring is 1. The fourth-order valence-electron chi connectivity index (χ4n) is 1.59. The lowest BCUT2D eigenvalue weighted by molar-refractivity contribution is 0.102. The average molecular weight is 293 g/mol. The predicted octanol–water partition coefficient (Wildman–Crippen LogP) is 2.28. The van der Waals surface area contributed by atoms with E-state index in [1.165, 1.54) is 13.3 Å². The number of hydrogen-bond acceptors (Lipinski definition) is 5. The average Bonchev–Trinajstić information content (AvgIpc) is 2.47. The third-order valence-corrected chi connectivity index (χ3v) is 2.82. The van der Waals surface area contributed by atoms with Crippen molar-refractivity contribution in [3.05, 3.63) is 47.1 Å². The van der Waals surface area contributed by atoms with Crippen LogP contribution in [0.1, 0.15) is 10.4 Å². The molecule has 2 rings (SSSR count). The second-order valence-electron chi connectivity index (χ2n) is 3.88. The third-order valence-electron chi connectivity index (χ3n) is 2.58. The number of nitrogens with zero attached hydrogens (tertiary/aromatic N) is 1. The molecule has 0 aliphatic heterocycles. The molecule has 104 valence electrons. The quantitative estimate of drug-likeness (QED) is 0.594. The number of ether oxygens (including phenoxy) is 1. The summed E-state index contributed by atoms with van der Waals surface area (Å²) in [5.74, 6) is 5.89. The summed E-state index contributed by atoms with van der Waals surface area (Å²) in [6.07, 6.45) is 1.42. The maximum absolute atomic E-state index is 12.1. The zero-order valence-electron chi connectivity index (χ0n) is 10.7. The number of nitrogens with one attached hydrogen (secondary N) is 2. The highest BCUT2D eigenvalue weighted by atomic mass is 35.5. The highest BCUT2D eigenvalue weighted by Crippen LogP contribution is 2.28. The first-order valence-electron chi connectivity index (χ1n) is 5.71. The minimum Gasteiger partial charge on any atom is -0.495 e. The van der Waals surface area contributed by atoms with Gasteiger partial charge in [0.05, 0.1) is 18.4 Å². The molecule has 0 aliphatic carbocycles. The molecule has 1 amide bonds. The summed E-state index contributed by atoms with van der Waals surface area (Å²) < 4.78 is 5.16. The van der Waals surface area contributed by atoms with Crippen molar-refractivity contribution in [1.29, 1.82) is 0 Å². The summed E-state index contributed by atoms with van der Waals surface area (Å²) in [4.78, 5) is 16.1. The Morgan fingerprint density at radius 2 is 2.15 bits per heavy atom. The number of amides is 1. The van der Waals surface area contributed by atoms with Crippen molar-refractivity contribution in [2.45, 2.75) is 0 Å². The molecule has 20 heavy (non-hydrogen) atoms. The van der Waals surface area contributed by atoms with Gasteiger partial charge in [0.1, 0.15) is 11.6 Å². The van der Waals surface area contributed by atoms with Gasteiger partial charge in [-0.25, -0.2) is 10.8 Å². The summed E-state index contributed by atoms with van der Waals surface area (Å²) in [5, 5.41) is 3.22. The van der Waals surface area contributed by atoms with E-state index in [9.17, 15) is 4.79 Å². The van der Waals surface area contributed by atoms with E-state index in [4.69, 9.17) is 22.2 Å².